The molecule has 0 aliphatic carbocycles. The van der Waals surface area contributed by atoms with Crippen LogP contribution in [0.3, 0.4) is 0 Å². The van der Waals surface area contributed by atoms with E-state index in [4.69, 9.17) is 9.47 Å². The minimum Gasteiger partial charge on any atom is -0.497 e. The van der Waals surface area contributed by atoms with Crippen LogP contribution in [0.4, 0.5) is 0 Å². The summed E-state index contributed by atoms with van der Waals surface area (Å²) in [5, 5.41) is 2.82. The number of amides is 1. The largest absolute Gasteiger partial charge is 0.497 e. The first-order valence-electron chi connectivity index (χ1n) is 6.29. The second kappa shape index (κ2) is 8.39. The number of methoxy groups -OCH3 is 1. The van der Waals surface area contributed by atoms with E-state index in [9.17, 15) is 4.79 Å². The number of carbonyl (C=O) groups excluding carboxylic acids is 1. The van der Waals surface area contributed by atoms with Gasteiger partial charge < -0.3 is 14.8 Å². The normalized spacial score (nSPS) is 9.89. The maximum atomic E-state index is 11.4. The lowest BCUT2D eigenvalue weighted by Crippen LogP contribution is -2.29. The fourth-order valence-electron chi connectivity index (χ4n) is 1.47. The van der Waals surface area contributed by atoms with E-state index in [1.54, 1.807) is 31.4 Å². The lowest BCUT2D eigenvalue weighted by Gasteiger charge is -2.07. The molecule has 0 fully saturated rings. The fraction of sp³-hybridized carbons (Fsp3) is 0.500. The summed E-state index contributed by atoms with van der Waals surface area (Å²) in [5.41, 5.74) is 0. The standard InChI is InChI=1S/C14H21NO3/c1-3-4-5-10-15-14(16)11-18-13-8-6-12(17-2)7-9-13/h6-9H,3-5,10-11H2,1-2H3,(H,15,16). The minimum absolute atomic E-state index is 0.0540. The molecule has 0 unspecified atom stereocenters. The third-order valence-corrected chi connectivity index (χ3v) is 2.53. The Labute approximate surface area is 108 Å². The van der Waals surface area contributed by atoms with Crippen LogP contribution in [0.15, 0.2) is 24.3 Å². The molecule has 100 valence electrons. The van der Waals surface area contributed by atoms with Gasteiger partial charge in [-0.05, 0) is 30.7 Å². The molecular formula is C14H21NO3. The summed E-state index contributed by atoms with van der Waals surface area (Å²) in [6.45, 7) is 2.91. The highest BCUT2D eigenvalue weighted by Gasteiger charge is 2.02. The summed E-state index contributed by atoms with van der Waals surface area (Å²) in [4.78, 5) is 11.4. The second-order valence-electron chi connectivity index (χ2n) is 4.02. The highest BCUT2D eigenvalue weighted by atomic mass is 16.5. The Morgan fingerprint density at radius 3 is 2.44 bits per heavy atom. The van der Waals surface area contributed by atoms with Gasteiger partial charge in [0.15, 0.2) is 6.61 Å². The molecule has 1 N–H and O–H groups in total. The number of unbranched alkanes of at least 4 members (excludes halogenated alkanes) is 2. The maximum Gasteiger partial charge on any atom is 0.257 e. The average Bonchev–Trinajstić information content (AvgIpc) is 2.42. The van der Waals surface area contributed by atoms with E-state index < -0.39 is 0 Å². The van der Waals surface area contributed by atoms with Crippen LogP contribution in [0.1, 0.15) is 26.2 Å². The Kier molecular flexibility index (Phi) is 6.69. The number of nitrogens with one attached hydrogen (secondary N) is 1. The average molecular weight is 251 g/mol. The monoisotopic (exact) mass is 251 g/mol. The van der Waals surface area contributed by atoms with E-state index >= 15 is 0 Å². The van der Waals surface area contributed by atoms with E-state index in [1.807, 2.05) is 0 Å². The topological polar surface area (TPSA) is 47.6 Å². The summed E-state index contributed by atoms with van der Waals surface area (Å²) >= 11 is 0. The van der Waals surface area contributed by atoms with Gasteiger partial charge >= 0.3 is 0 Å². The van der Waals surface area contributed by atoms with Gasteiger partial charge in [-0.15, -0.1) is 0 Å². The number of carbonyl (C=O) groups is 1. The number of hydrogen-bond donors (Lipinski definition) is 1. The molecule has 4 heteroatoms. The van der Waals surface area contributed by atoms with Gasteiger partial charge in [0.05, 0.1) is 7.11 Å². The van der Waals surface area contributed by atoms with Crippen molar-refractivity contribution in [2.75, 3.05) is 20.3 Å². The van der Waals surface area contributed by atoms with Gasteiger partial charge in [-0.3, -0.25) is 4.79 Å². The van der Waals surface area contributed by atoms with Gasteiger partial charge in [0.1, 0.15) is 11.5 Å². The molecule has 1 aromatic carbocycles. The van der Waals surface area contributed by atoms with Crippen LogP contribution in [0.25, 0.3) is 0 Å². The molecule has 0 radical (unpaired) electrons. The van der Waals surface area contributed by atoms with Crippen molar-refractivity contribution in [2.45, 2.75) is 26.2 Å². The molecule has 4 nitrogen and oxygen atoms in total. The van der Waals surface area contributed by atoms with Crippen molar-refractivity contribution in [3.8, 4) is 11.5 Å². The Morgan fingerprint density at radius 2 is 1.83 bits per heavy atom. The van der Waals surface area contributed by atoms with Gasteiger partial charge in [0.2, 0.25) is 0 Å². The Bertz CT molecular complexity index is 349. The molecule has 0 aliphatic rings. The number of rotatable bonds is 8. The van der Waals surface area contributed by atoms with Crippen LogP contribution in [0, 0.1) is 0 Å². The molecule has 0 saturated heterocycles. The molecule has 0 atom stereocenters. The summed E-state index contributed by atoms with van der Waals surface area (Å²) in [6, 6.07) is 7.16. The number of ether oxygens (including phenoxy) is 2. The van der Waals surface area contributed by atoms with Crippen molar-refractivity contribution < 1.29 is 14.3 Å². The fourth-order valence-corrected chi connectivity index (χ4v) is 1.47. The van der Waals surface area contributed by atoms with Gasteiger partial charge in [-0.25, -0.2) is 0 Å². The molecule has 0 heterocycles. The quantitative estimate of drug-likeness (QED) is 0.722. The zero-order valence-corrected chi connectivity index (χ0v) is 11.1. The molecular weight excluding hydrogens is 230 g/mol. The highest BCUT2D eigenvalue weighted by Crippen LogP contribution is 2.16. The Hall–Kier alpha value is -1.71. The van der Waals surface area contributed by atoms with Crippen molar-refractivity contribution in [3.63, 3.8) is 0 Å². The van der Waals surface area contributed by atoms with Crippen LogP contribution in [0.5, 0.6) is 11.5 Å². The highest BCUT2D eigenvalue weighted by molar-refractivity contribution is 5.77. The zero-order chi connectivity index (χ0) is 13.2. The van der Waals surface area contributed by atoms with E-state index in [-0.39, 0.29) is 12.5 Å². The third kappa shape index (κ3) is 5.57. The molecule has 1 aromatic rings. The smallest absolute Gasteiger partial charge is 0.257 e. The van der Waals surface area contributed by atoms with Crippen LogP contribution < -0.4 is 14.8 Å². The summed E-state index contributed by atoms with van der Waals surface area (Å²) < 4.78 is 10.4. The molecule has 1 rings (SSSR count). The molecule has 0 spiro atoms. The van der Waals surface area contributed by atoms with Crippen LogP contribution >= 0.6 is 0 Å². The number of hydrogen-bond acceptors (Lipinski definition) is 3. The molecule has 1 amide bonds. The van der Waals surface area contributed by atoms with Crippen LogP contribution in [-0.2, 0) is 4.79 Å². The zero-order valence-electron chi connectivity index (χ0n) is 11.1. The van der Waals surface area contributed by atoms with Gasteiger partial charge in [0.25, 0.3) is 5.91 Å². The molecule has 0 bridgehead atoms. The van der Waals surface area contributed by atoms with Crippen LogP contribution in [-0.4, -0.2) is 26.2 Å². The van der Waals surface area contributed by atoms with Crippen molar-refractivity contribution in [1.29, 1.82) is 0 Å². The second-order valence-corrected chi connectivity index (χ2v) is 4.02. The molecule has 0 saturated carbocycles. The van der Waals surface area contributed by atoms with E-state index in [1.165, 1.54) is 0 Å². The van der Waals surface area contributed by atoms with Crippen molar-refractivity contribution in [3.05, 3.63) is 24.3 Å². The third-order valence-electron chi connectivity index (χ3n) is 2.53. The predicted molar refractivity (Wildman–Crippen MR) is 71.0 cm³/mol. The summed E-state index contributed by atoms with van der Waals surface area (Å²) in [7, 11) is 1.61. The first-order chi connectivity index (χ1) is 8.76. The van der Waals surface area contributed by atoms with Crippen LogP contribution in [0.2, 0.25) is 0 Å². The Balaban J connectivity index is 2.20. The molecule has 18 heavy (non-hydrogen) atoms. The lowest BCUT2D eigenvalue weighted by atomic mass is 10.2. The van der Waals surface area contributed by atoms with Crippen molar-refractivity contribution in [1.82, 2.24) is 5.32 Å². The van der Waals surface area contributed by atoms with Gasteiger partial charge in [-0.1, -0.05) is 19.8 Å². The van der Waals surface area contributed by atoms with E-state index in [0.717, 1.165) is 31.6 Å². The number of benzene rings is 1. The van der Waals surface area contributed by atoms with Crippen molar-refractivity contribution >= 4 is 5.91 Å². The van der Waals surface area contributed by atoms with Crippen molar-refractivity contribution in [2.24, 2.45) is 0 Å². The maximum absolute atomic E-state index is 11.4. The molecule has 0 aromatic heterocycles. The minimum atomic E-state index is -0.0816. The summed E-state index contributed by atoms with van der Waals surface area (Å²) in [5.74, 6) is 1.35. The SMILES string of the molecule is CCCCCNC(=O)COc1ccc(OC)cc1. The Morgan fingerprint density at radius 1 is 1.17 bits per heavy atom. The van der Waals surface area contributed by atoms with Gasteiger partial charge in [-0.2, -0.15) is 0 Å². The van der Waals surface area contributed by atoms with Gasteiger partial charge in [0, 0.05) is 6.54 Å². The summed E-state index contributed by atoms with van der Waals surface area (Å²) in [6.07, 6.45) is 3.31. The van der Waals surface area contributed by atoms with E-state index in [0.29, 0.717) is 5.75 Å². The first-order valence-corrected chi connectivity index (χ1v) is 6.29. The predicted octanol–water partition coefficient (Wildman–Crippen LogP) is 2.38. The van der Waals surface area contributed by atoms with E-state index in [2.05, 4.69) is 12.2 Å². The lowest BCUT2D eigenvalue weighted by molar-refractivity contribution is -0.123. The first kappa shape index (κ1) is 14.4. The molecule has 0 aliphatic heterocycles.